The number of nitrogens with zero attached hydrogens (tertiary/aromatic N) is 1. The molecule has 0 spiro atoms. The van der Waals surface area contributed by atoms with E-state index in [1.165, 1.54) is 4.88 Å². The van der Waals surface area contributed by atoms with Crippen molar-refractivity contribution in [1.82, 2.24) is 10.3 Å². The molecule has 1 aromatic rings. The number of rotatable bonds is 5. The molecule has 1 aromatic heterocycles. The molecule has 90 valence electrons. The first kappa shape index (κ1) is 13.1. The fourth-order valence-electron chi connectivity index (χ4n) is 1.42. The molecule has 0 bridgehead atoms. The number of hydrogen-bond acceptors (Lipinski definition) is 4. The first-order chi connectivity index (χ1) is 7.41. The Morgan fingerprint density at radius 1 is 1.50 bits per heavy atom. The van der Waals surface area contributed by atoms with E-state index in [2.05, 4.69) is 10.3 Å². The lowest BCUT2D eigenvalue weighted by molar-refractivity contribution is -0.140. The molecule has 0 saturated carbocycles. The molecule has 0 amide bonds. The van der Waals surface area contributed by atoms with Crippen molar-refractivity contribution in [2.75, 3.05) is 0 Å². The third-order valence-corrected chi connectivity index (χ3v) is 3.55. The number of hydrogen-bond donors (Lipinski definition) is 2. The maximum Gasteiger partial charge on any atom is 0.320 e. The van der Waals surface area contributed by atoms with Crippen LogP contribution in [0.25, 0.3) is 0 Å². The fraction of sp³-hybridized carbons (Fsp3) is 0.636. The lowest BCUT2D eigenvalue weighted by Crippen LogP contribution is -2.40. The van der Waals surface area contributed by atoms with Gasteiger partial charge in [-0.1, -0.05) is 13.8 Å². The van der Waals surface area contributed by atoms with Crippen LogP contribution < -0.4 is 5.32 Å². The number of carboxylic acid groups (broad SMARTS) is 1. The summed E-state index contributed by atoms with van der Waals surface area (Å²) in [6, 6.07) is -0.510. The molecule has 0 aliphatic rings. The van der Waals surface area contributed by atoms with E-state index in [-0.39, 0.29) is 5.92 Å². The lowest BCUT2D eigenvalue weighted by atomic mass is 10.1. The van der Waals surface area contributed by atoms with Gasteiger partial charge in [0.1, 0.15) is 11.0 Å². The van der Waals surface area contributed by atoms with E-state index in [1.807, 2.05) is 27.7 Å². The van der Waals surface area contributed by atoms with Gasteiger partial charge >= 0.3 is 5.97 Å². The molecule has 0 fully saturated rings. The zero-order valence-electron chi connectivity index (χ0n) is 10.1. The minimum absolute atomic E-state index is 0.0691. The van der Waals surface area contributed by atoms with Gasteiger partial charge in [0.2, 0.25) is 0 Å². The summed E-state index contributed by atoms with van der Waals surface area (Å²) in [7, 11) is 0. The maximum absolute atomic E-state index is 11.0. The normalized spacial score (nSPS) is 13.1. The van der Waals surface area contributed by atoms with Crippen molar-refractivity contribution in [1.29, 1.82) is 0 Å². The largest absolute Gasteiger partial charge is 0.480 e. The third-order valence-electron chi connectivity index (χ3n) is 2.48. The van der Waals surface area contributed by atoms with Crippen LogP contribution in [0.15, 0.2) is 0 Å². The van der Waals surface area contributed by atoms with Crippen LogP contribution >= 0.6 is 11.3 Å². The minimum atomic E-state index is -0.806. The number of aryl methyl sites for hydroxylation is 2. The van der Waals surface area contributed by atoms with Crippen molar-refractivity contribution < 1.29 is 9.90 Å². The average Bonchev–Trinajstić information content (AvgIpc) is 2.45. The predicted molar refractivity (Wildman–Crippen MR) is 64.7 cm³/mol. The number of carbonyl (C=O) groups is 1. The highest BCUT2D eigenvalue weighted by Crippen LogP contribution is 2.16. The molecule has 1 unspecified atom stereocenters. The van der Waals surface area contributed by atoms with Crippen molar-refractivity contribution >= 4 is 17.3 Å². The molecule has 0 aliphatic carbocycles. The summed E-state index contributed by atoms with van der Waals surface area (Å²) in [5.74, 6) is -0.736. The van der Waals surface area contributed by atoms with E-state index in [1.54, 1.807) is 11.3 Å². The zero-order chi connectivity index (χ0) is 12.3. The highest BCUT2D eigenvalue weighted by molar-refractivity contribution is 7.11. The summed E-state index contributed by atoms with van der Waals surface area (Å²) in [4.78, 5) is 16.5. The van der Waals surface area contributed by atoms with Crippen LogP contribution in [0.2, 0.25) is 0 Å². The van der Waals surface area contributed by atoms with Crippen LogP contribution in [0.3, 0.4) is 0 Å². The third kappa shape index (κ3) is 3.28. The first-order valence-electron chi connectivity index (χ1n) is 5.31. The zero-order valence-corrected chi connectivity index (χ0v) is 10.9. The quantitative estimate of drug-likeness (QED) is 0.828. The predicted octanol–water partition coefficient (Wildman–Crippen LogP) is 1.96. The van der Waals surface area contributed by atoms with Crippen LogP contribution in [-0.2, 0) is 11.3 Å². The van der Waals surface area contributed by atoms with Gasteiger partial charge in [-0.05, 0) is 19.8 Å². The van der Waals surface area contributed by atoms with Crippen molar-refractivity contribution in [2.45, 2.75) is 40.3 Å². The SMILES string of the molecule is Cc1nc(CNC(C(=O)O)C(C)C)sc1C. The summed E-state index contributed by atoms with van der Waals surface area (Å²) in [6.07, 6.45) is 0. The molecule has 16 heavy (non-hydrogen) atoms. The second-order valence-corrected chi connectivity index (χ2v) is 5.48. The van der Waals surface area contributed by atoms with Crippen LogP contribution in [0, 0.1) is 19.8 Å². The van der Waals surface area contributed by atoms with Gasteiger partial charge in [-0.3, -0.25) is 10.1 Å². The van der Waals surface area contributed by atoms with Gasteiger partial charge in [0.25, 0.3) is 0 Å². The Bertz CT molecular complexity index is 355. The van der Waals surface area contributed by atoms with Gasteiger partial charge in [-0.25, -0.2) is 4.98 Å². The fourth-order valence-corrected chi connectivity index (χ4v) is 2.31. The van der Waals surface area contributed by atoms with E-state index in [4.69, 9.17) is 5.11 Å². The van der Waals surface area contributed by atoms with E-state index in [0.29, 0.717) is 6.54 Å². The smallest absolute Gasteiger partial charge is 0.320 e. The Kier molecular flexibility index (Phi) is 4.44. The summed E-state index contributed by atoms with van der Waals surface area (Å²) in [6.45, 7) is 8.29. The van der Waals surface area contributed by atoms with Gasteiger partial charge in [0.15, 0.2) is 0 Å². The monoisotopic (exact) mass is 242 g/mol. The summed E-state index contributed by atoms with van der Waals surface area (Å²) < 4.78 is 0. The molecule has 0 aromatic carbocycles. The highest BCUT2D eigenvalue weighted by atomic mass is 32.1. The number of thiazole rings is 1. The highest BCUT2D eigenvalue weighted by Gasteiger charge is 2.20. The molecule has 0 radical (unpaired) electrons. The van der Waals surface area contributed by atoms with Crippen LogP contribution in [0.1, 0.15) is 29.4 Å². The summed E-state index contributed by atoms with van der Waals surface area (Å²) in [5.41, 5.74) is 1.03. The molecule has 5 heteroatoms. The molecule has 4 nitrogen and oxygen atoms in total. The van der Waals surface area contributed by atoms with Crippen molar-refractivity contribution in [2.24, 2.45) is 5.92 Å². The Labute approximate surface area is 99.7 Å². The molecule has 0 aliphatic heterocycles. The molecule has 1 rings (SSSR count). The molecular formula is C11H18N2O2S. The topological polar surface area (TPSA) is 62.2 Å². The molecular weight excluding hydrogens is 224 g/mol. The van der Waals surface area contributed by atoms with Crippen LogP contribution in [0.5, 0.6) is 0 Å². The van der Waals surface area contributed by atoms with Gasteiger partial charge in [-0.2, -0.15) is 0 Å². The van der Waals surface area contributed by atoms with Gasteiger partial charge < -0.3 is 5.11 Å². The maximum atomic E-state index is 11.0. The standard InChI is InChI=1S/C11H18N2O2S/c1-6(2)10(11(14)15)12-5-9-13-7(3)8(4)16-9/h6,10,12H,5H2,1-4H3,(H,14,15). The van der Waals surface area contributed by atoms with Gasteiger partial charge in [0.05, 0.1) is 5.69 Å². The van der Waals surface area contributed by atoms with E-state index >= 15 is 0 Å². The number of aliphatic carboxylic acids is 1. The molecule has 1 atom stereocenters. The second-order valence-electron chi connectivity index (χ2n) is 4.19. The summed E-state index contributed by atoms with van der Waals surface area (Å²) in [5, 5.41) is 13.0. The van der Waals surface area contributed by atoms with Crippen molar-refractivity contribution in [3.63, 3.8) is 0 Å². The van der Waals surface area contributed by atoms with E-state index in [9.17, 15) is 4.79 Å². The number of aromatic nitrogens is 1. The minimum Gasteiger partial charge on any atom is -0.480 e. The van der Waals surface area contributed by atoms with Crippen LogP contribution in [0.4, 0.5) is 0 Å². The Morgan fingerprint density at radius 2 is 2.12 bits per heavy atom. The van der Waals surface area contributed by atoms with E-state index < -0.39 is 12.0 Å². The lowest BCUT2D eigenvalue weighted by Gasteiger charge is -2.16. The van der Waals surface area contributed by atoms with Crippen LogP contribution in [-0.4, -0.2) is 22.1 Å². The van der Waals surface area contributed by atoms with Crippen molar-refractivity contribution in [3.05, 3.63) is 15.6 Å². The Hall–Kier alpha value is -0.940. The number of nitrogens with one attached hydrogen (secondary N) is 1. The summed E-state index contributed by atoms with van der Waals surface area (Å²) >= 11 is 1.61. The van der Waals surface area contributed by atoms with Gasteiger partial charge in [0, 0.05) is 11.4 Å². The first-order valence-corrected chi connectivity index (χ1v) is 6.12. The molecule has 1 heterocycles. The molecule has 0 saturated heterocycles. The van der Waals surface area contributed by atoms with E-state index in [0.717, 1.165) is 10.7 Å². The second kappa shape index (κ2) is 5.41. The van der Waals surface area contributed by atoms with Gasteiger partial charge in [-0.15, -0.1) is 11.3 Å². The molecule has 2 N–H and O–H groups in total. The van der Waals surface area contributed by atoms with Crippen molar-refractivity contribution in [3.8, 4) is 0 Å². The Balaban J connectivity index is 2.59. The average molecular weight is 242 g/mol. The Morgan fingerprint density at radius 3 is 2.50 bits per heavy atom. The number of carboxylic acids is 1.